The molecule has 0 aliphatic carbocycles. The van der Waals surface area contributed by atoms with Gasteiger partial charge in [-0.2, -0.15) is 4.37 Å². The minimum atomic E-state index is 0.108. The molecule has 2 aromatic heterocycles. The van der Waals surface area contributed by atoms with Gasteiger partial charge in [-0.1, -0.05) is 13.8 Å². The molecule has 0 saturated carbocycles. The summed E-state index contributed by atoms with van der Waals surface area (Å²) in [6.45, 7) is 8.17. The van der Waals surface area contributed by atoms with Crippen LogP contribution >= 0.6 is 11.5 Å². The highest BCUT2D eigenvalue weighted by molar-refractivity contribution is 7.09. The van der Waals surface area contributed by atoms with Crippen molar-refractivity contribution in [3.8, 4) is 0 Å². The van der Waals surface area contributed by atoms with Crippen LogP contribution in [0.25, 0.3) is 0 Å². The minimum absolute atomic E-state index is 0.108. The number of hydrogen-bond acceptors (Lipinski definition) is 5. The molecule has 92 valence electrons. The Hall–Kier alpha value is -1.36. The van der Waals surface area contributed by atoms with E-state index >= 15 is 0 Å². The number of anilines is 1. The summed E-state index contributed by atoms with van der Waals surface area (Å²) in [6, 6.07) is 4.06. The fourth-order valence-corrected chi connectivity index (χ4v) is 2.27. The van der Waals surface area contributed by atoms with Crippen LogP contribution in [-0.4, -0.2) is 9.36 Å². The van der Waals surface area contributed by atoms with Crippen LogP contribution in [0.2, 0.25) is 0 Å². The summed E-state index contributed by atoms with van der Waals surface area (Å²) in [5, 5.41) is 4.14. The van der Waals surface area contributed by atoms with Crippen molar-refractivity contribution in [1.29, 1.82) is 0 Å². The van der Waals surface area contributed by atoms with E-state index in [0.717, 1.165) is 22.5 Å². The lowest BCUT2D eigenvalue weighted by Gasteiger charge is -2.09. The van der Waals surface area contributed by atoms with Crippen molar-refractivity contribution in [3.05, 3.63) is 29.5 Å². The topological polar surface area (TPSA) is 51.0 Å². The van der Waals surface area contributed by atoms with Gasteiger partial charge in [0.2, 0.25) is 5.13 Å². The smallest absolute Gasteiger partial charge is 0.203 e. The van der Waals surface area contributed by atoms with Gasteiger partial charge in [-0.05, 0) is 26.0 Å². The van der Waals surface area contributed by atoms with Gasteiger partial charge in [-0.25, -0.2) is 4.98 Å². The summed E-state index contributed by atoms with van der Waals surface area (Å²) >= 11 is 1.39. The lowest BCUT2D eigenvalue weighted by atomic mass is 10.2. The van der Waals surface area contributed by atoms with E-state index in [2.05, 4.69) is 35.4 Å². The van der Waals surface area contributed by atoms with Crippen LogP contribution < -0.4 is 5.32 Å². The standard InChI is InChI=1S/C12H17N3OS/c1-7(2)11-14-12(17-15-11)13-9(4)10-6-5-8(3)16-10/h5-7,9H,1-4H3,(H,13,14,15). The summed E-state index contributed by atoms with van der Waals surface area (Å²) < 4.78 is 9.87. The minimum Gasteiger partial charge on any atom is -0.464 e. The molecular formula is C12H17N3OS. The number of aromatic nitrogens is 2. The van der Waals surface area contributed by atoms with Gasteiger partial charge in [-0.3, -0.25) is 0 Å². The van der Waals surface area contributed by atoms with Crippen LogP contribution in [-0.2, 0) is 0 Å². The third kappa shape index (κ3) is 2.85. The third-order valence-corrected chi connectivity index (χ3v) is 3.15. The fourth-order valence-electron chi connectivity index (χ4n) is 1.47. The molecule has 0 spiro atoms. The van der Waals surface area contributed by atoms with Crippen molar-refractivity contribution in [1.82, 2.24) is 9.36 Å². The normalized spacial score (nSPS) is 13.0. The first kappa shape index (κ1) is 12.1. The average molecular weight is 251 g/mol. The lowest BCUT2D eigenvalue weighted by molar-refractivity contribution is 0.467. The second-order valence-corrected chi connectivity index (χ2v) is 5.18. The van der Waals surface area contributed by atoms with E-state index < -0.39 is 0 Å². The van der Waals surface area contributed by atoms with Crippen LogP contribution in [0.4, 0.5) is 5.13 Å². The average Bonchev–Trinajstić information content (AvgIpc) is 2.86. The van der Waals surface area contributed by atoms with Crippen molar-refractivity contribution >= 4 is 16.7 Å². The van der Waals surface area contributed by atoms with E-state index in [-0.39, 0.29) is 6.04 Å². The predicted octanol–water partition coefficient (Wildman–Crippen LogP) is 3.74. The molecule has 0 saturated heterocycles. The Balaban J connectivity index is 2.05. The molecule has 2 aromatic rings. The van der Waals surface area contributed by atoms with Crippen molar-refractivity contribution in [3.63, 3.8) is 0 Å². The summed E-state index contributed by atoms with van der Waals surface area (Å²) in [4.78, 5) is 4.44. The Morgan fingerprint density at radius 1 is 1.29 bits per heavy atom. The Bertz CT molecular complexity index is 489. The first-order chi connectivity index (χ1) is 8.06. The van der Waals surface area contributed by atoms with Gasteiger partial charge in [0.25, 0.3) is 0 Å². The van der Waals surface area contributed by atoms with Crippen molar-refractivity contribution in [2.45, 2.75) is 39.7 Å². The molecule has 0 aliphatic heterocycles. The van der Waals surface area contributed by atoms with Gasteiger partial charge >= 0.3 is 0 Å². The predicted molar refractivity (Wildman–Crippen MR) is 69.5 cm³/mol. The summed E-state index contributed by atoms with van der Waals surface area (Å²) in [7, 11) is 0. The SMILES string of the molecule is Cc1ccc(C(C)Nc2nc(C(C)C)ns2)o1. The highest BCUT2D eigenvalue weighted by Gasteiger charge is 2.13. The Labute approximate surface area is 105 Å². The Kier molecular flexibility index (Phi) is 3.47. The zero-order chi connectivity index (χ0) is 12.4. The van der Waals surface area contributed by atoms with Crippen LogP contribution in [0.3, 0.4) is 0 Å². The molecule has 1 unspecified atom stereocenters. The molecule has 5 heteroatoms. The molecule has 1 atom stereocenters. The summed E-state index contributed by atoms with van der Waals surface area (Å²) in [5.74, 6) is 3.10. The first-order valence-electron chi connectivity index (χ1n) is 5.72. The van der Waals surface area contributed by atoms with Crippen molar-refractivity contribution in [2.24, 2.45) is 0 Å². The molecule has 0 radical (unpaired) electrons. The summed E-state index contributed by atoms with van der Waals surface area (Å²) in [5.41, 5.74) is 0. The van der Waals surface area contributed by atoms with E-state index in [1.807, 2.05) is 19.1 Å². The van der Waals surface area contributed by atoms with Crippen LogP contribution in [0.5, 0.6) is 0 Å². The molecule has 2 rings (SSSR count). The molecule has 0 aromatic carbocycles. The molecule has 17 heavy (non-hydrogen) atoms. The highest BCUT2D eigenvalue weighted by Crippen LogP contribution is 2.23. The maximum absolute atomic E-state index is 5.57. The fraction of sp³-hybridized carbons (Fsp3) is 0.500. The maximum Gasteiger partial charge on any atom is 0.203 e. The van der Waals surface area contributed by atoms with E-state index in [1.54, 1.807) is 0 Å². The number of nitrogens with zero attached hydrogens (tertiary/aromatic N) is 2. The summed E-state index contributed by atoms with van der Waals surface area (Å²) in [6.07, 6.45) is 0. The highest BCUT2D eigenvalue weighted by atomic mass is 32.1. The zero-order valence-electron chi connectivity index (χ0n) is 10.5. The van der Waals surface area contributed by atoms with Gasteiger partial charge in [-0.15, -0.1) is 0 Å². The maximum atomic E-state index is 5.57. The number of furan rings is 1. The molecule has 0 bridgehead atoms. The van der Waals surface area contributed by atoms with Gasteiger partial charge in [0.15, 0.2) is 0 Å². The van der Waals surface area contributed by atoms with Crippen LogP contribution in [0.1, 0.15) is 50.1 Å². The zero-order valence-corrected chi connectivity index (χ0v) is 11.3. The number of hydrogen-bond donors (Lipinski definition) is 1. The monoisotopic (exact) mass is 251 g/mol. The lowest BCUT2D eigenvalue weighted by Crippen LogP contribution is -2.05. The number of nitrogens with one attached hydrogen (secondary N) is 1. The van der Waals surface area contributed by atoms with Gasteiger partial charge in [0.1, 0.15) is 17.3 Å². The molecule has 4 nitrogen and oxygen atoms in total. The number of rotatable bonds is 4. The molecule has 0 amide bonds. The van der Waals surface area contributed by atoms with Gasteiger partial charge < -0.3 is 9.73 Å². The van der Waals surface area contributed by atoms with E-state index in [4.69, 9.17) is 4.42 Å². The second-order valence-electron chi connectivity index (χ2n) is 4.43. The molecule has 0 aliphatic rings. The second kappa shape index (κ2) is 4.87. The van der Waals surface area contributed by atoms with E-state index in [0.29, 0.717) is 5.92 Å². The van der Waals surface area contributed by atoms with Crippen molar-refractivity contribution in [2.75, 3.05) is 5.32 Å². The quantitative estimate of drug-likeness (QED) is 0.899. The molecule has 1 N–H and O–H groups in total. The van der Waals surface area contributed by atoms with Crippen molar-refractivity contribution < 1.29 is 4.42 Å². The first-order valence-corrected chi connectivity index (χ1v) is 6.50. The Morgan fingerprint density at radius 2 is 2.06 bits per heavy atom. The number of aryl methyl sites for hydroxylation is 1. The van der Waals surface area contributed by atoms with E-state index in [1.165, 1.54) is 11.5 Å². The molecule has 2 heterocycles. The molecule has 0 fully saturated rings. The molecular weight excluding hydrogens is 234 g/mol. The van der Waals surface area contributed by atoms with Gasteiger partial charge in [0.05, 0.1) is 6.04 Å². The largest absolute Gasteiger partial charge is 0.464 e. The van der Waals surface area contributed by atoms with E-state index in [9.17, 15) is 0 Å². The third-order valence-electron chi connectivity index (χ3n) is 2.49. The van der Waals surface area contributed by atoms with Crippen LogP contribution in [0.15, 0.2) is 16.5 Å². The Morgan fingerprint density at radius 3 is 2.59 bits per heavy atom. The van der Waals surface area contributed by atoms with Gasteiger partial charge in [0, 0.05) is 17.5 Å². The van der Waals surface area contributed by atoms with Crippen LogP contribution in [0, 0.1) is 6.92 Å².